The Hall–Kier alpha value is -2.54. The van der Waals surface area contributed by atoms with Gasteiger partial charge in [-0.1, -0.05) is 74.8 Å². The molecule has 3 aromatic rings. The maximum Gasteiger partial charge on any atom is 0.254 e. The summed E-state index contributed by atoms with van der Waals surface area (Å²) in [6.45, 7) is 19.7. The Kier molecular flexibility index (Phi) is 11.4. The Bertz CT molecular complexity index is 1450. The monoisotopic (exact) mass is 718 g/mol. The topological polar surface area (TPSA) is 107 Å². The maximum atomic E-state index is 14.3. The minimum Gasteiger partial charge on any atom is -0.475 e. The Morgan fingerprint density at radius 1 is 1.20 bits per heavy atom. The van der Waals surface area contributed by atoms with Gasteiger partial charge >= 0.3 is 0 Å². The van der Waals surface area contributed by atoms with Crippen LogP contribution in [-0.2, 0) is 14.0 Å². The van der Waals surface area contributed by atoms with Crippen molar-refractivity contribution in [2.45, 2.75) is 97.1 Å². The first-order valence-corrected chi connectivity index (χ1v) is 20.5. The molecule has 1 aromatic carbocycles. The van der Waals surface area contributed by atoms with E-state index in [9.17, 15) is 9.59 Å². The van der Waals surface area contributed by atoms with E-state index < -0.39 is 20.3 Å². The van der Waals surface area contributed by atoms with E-state index in [1.54, 1.807) is 22.3 Å². The summed E-state index contributed by atoms with van der Waals surface area (Å²) in [4.78, 5) is 35.5. The Morgan fingerprint density at radius 3 is 2.47 bits per heavy atom. The van der Waals surface area contributed by atoms with Crippen molar-refractivity contribution in [3.63, 3.8) is 0 Å². The third kappa shape index (κ3) is 8.25. The summed E-state index contributed by atoms with van der Waals surface area (Å²) in [5, 5.41) is 7.85. The summed E-state index contributed by atoms with van der Waals surface area (Å²) < 4.78 is 18.0. The van der Waals surface area contributed by atoms with E-state index in [1.807, 2.05) is 45.3 Å². The molecule has 4 atom stereocenters. The van der Waals surface area contributed by atoms with E-state index in [1.165, 1.54) is 0 Å². The molecule has 1 aliphatic heterocycles. The van der Waals surface area contributed by atoms with Gasteiger partial charge in [-0.2, -0.15) is 0 Å². The Morgan fingerprint density at radius 2 is 1.89 bits per heavy atom. The number of aryl methyl sites for hydroxylation is 1. The molecule has 1 saturated heterocycles. The van der Waals surface area contributed by atoms with E-state index in [4.69, 9.17) is 13.7 Å². The van der Waals surface area contributed by atoms with Gasteiger partial charge in [-0.05, 0) is 54.2 Å². The number of nitrogens with zero attached hydrogens (tertiary/aromatic N) is 3. The van der Waals surface area contributed by atoms with Crippen LogP contribution in [0.5, 0.6) is 5.88 Å². The minimum atomic E-state index is -2.16. The van der Waals surface area contributed by atoms with Crippen LogP contribution in [0.3, 0.4) is 0 Å². The van der Waals surface area contributed by atoms with Crippen LogP contribution in [0.1, 0.15) is 76.9 Å². The Balaban J connectivity index is 1.57. The fourth-order valence-corrected chi connectivity index (χ4v) is 7.74. The molecule has 1 N–H and O–H groups in total. The highest BCUT2D eigenvalue weighted by Gasteiger charge is 2.47. The van der Waals surface area contributed by atoms with Gasteiger partial charge in [0, 0.05) is 24.4 Å². The van der Waals surface area contributed by atoms with E-state index in [0.717, 1.165) is 21.7 Å². The molecule has 2 unspecified atom stereocenters. The van der Waals surface area contributed by atoms with Crippen LogP contribution >= 0.6 is 27.3 Å². The fourth-order valence-electron chi connectivity index (χ4n) is 5.41. The SMILES string of the molecule is Cc1ncsc1-c1ccc(C(C)NC(=O)[C@@H]2C[C@@H](O[Si](C)(C)C(C)(C)C)CN2C(=O)C(c2cc(OCCBr)no2)C(C)C)cc1. The van der Waals surface area contributed by atoms with Gasteiger partial charge in [0.15, 0.2) is 14.1 Å². The van der Waals surface area contributed by atoms with Crippen LogP contribution < -0.4 is 10.1 Å². The van der Waals surface area contributed by atoms with Gasteiger partial charge in [0.1, 0.15) is 12.0 Å². The summed E-state index contributed by atoms with van der Waals surface area (Å²) in [7, 11) is -2.16. The van der Waals surface area contributed by atoms with Gasteiger partial charge in [-0.3, -0.25) is 9.59 Å². The predicted molar refractivity (Wildman–Crippen MR) is 184 cm³/mol. The van der Waals surface area contributed by atoms with Crippen LogP contribution in [0.15, 0.2) is 40.4 Å². The van der Waals surface area contributed by atoms with Crippen molar-refractivity contribution in [1.82, 2.24) is 20.4 Å². The molecule has 1 aliphatic rings. The van der Waals surface area contributed by atoms with Crippen molar-refractivity contribution >= 4 is 47.4 Å². The molecule has 0 spiro atoms. The van der Waals surface area contributed by atoms with Crippen LogP contribution in [0.2, 0.25) is 18.1 Å². The molecule has 1 fully saturated rings. The minimum absolute atomic E-state index is 0.00753. The number of rotatable bonds is 12. The van der Waals surface area contributed by atoms with Gasteiger partial charge in [0.2, 0.25) is 11.8 Å². The number of hydrogen-bond donors (Lipinski definition) is 1. The number of benzene rings is 1. The highest BCUT2D eigenvalue weighted by atomic mass is 79.9. The summed E-state index contributed by atoms with van der Waals surface area (Å²) in [6.07, 6.45) is 0.185. The zero-order chi connectivity index (χ0) is 33.1. The second kappa shape index (κ2) is 14.5. The summed E-state index contributed by atoms with van der Waals surface area (Å²) in [6, 6.07) is 8.95. The molecule has 45 heavy (non-hydrogen) atoms. The number of likely N-dealkylation sites (tertiary alicyclic amines) is 1. The molecular formula is C33H47BrN4O5SSi. The van der Waals surface area contributed by atoms with Crippen molar-refractivity contribution < 1.29 is 23.3 Å². The average Bonchev–Trinajstić information content (AvgIpc) is 3.71. The third-order valence-corrected chi connectivity index (χ3v) is 14.8. The van der Waals surface area contributed by atoms with Crippen molar-refractivity contribution in [3.8, 4) is 16.3 Å². The number of nitrogens with one attached hydrogen (secondary N) is 1. The molecule has 0 bridgehead atoms. The number of amides is 2. The second-order valence-electron chi connectivity index (χ2n) is 13.7. The van der Waals surface area contributed by atoms with Crippen molar-refractivity contribution in [3.05, 3.63) is 52.9 Å². The van der Waals surface area contributed by atoms with E-state index in [-0.39, 0.29) is 34.9 Å². The zero-order valence-corrected chi connectivity index (χ0v) is 31.3. The lowest BCUT2D eigenvalue weighted by Gasteiger charge is -2.38. The molecule has 12 heteroatoms. The van der Waals surface area contributed by atoms with Crippen LogP contribution in [-0.4, -0.2) is 65.8 Å². The van der Waals surface area contributed by atoms with E-state index >= 15 is 0 Å². The molecule has 2 aromatic heterocycles. The highest BCUT2D eigenvalue weighted by Crippen LogP contribution is 2.40. The average molecular weight is 720 g/mol. The van der Waals surface area contributed by atoms with Gasteiger partial charge in [-0.15, -0.1) is 11.3 Å². The quantitative estimate of drug-likeness (QED) is 0.153. The molecule has 0 aliphatic carbocycles. The van der Waals surface area contributed by atoms with Gasteiger partial charge in [0.05, 0.1) is 34.8 Å². The largest absolute Gasteiger partial charge is 0.475 e. The molecule has 4 rings (SSSR count). The summed E-state index contributed by atoms with van der Waals surface area (Å²) in [5.41, 5.74) is 4.93. The number of alkyl halides is 1. The predicted octanol–water partition coefficient (Wildman–Crippen LogP) is 7.49. The van der Waals surface area contributed by atoms with Crippen molar-refractivity contribution in [2.24, 2.45) is 5.92 Å². The first-order valence-electron chi connectivity index (χ1n) is 15.6. The van der Waals surface area contributed by atoms with Crippen molar-refractivity contribution in [1.29, 1.82) is 0 Å². The molecule has 0 radical (unpaired) electrons. The third-order valence-electron chi connectivity index (χ3n) is 8.97. The van der Waals surface area contributed by atoms with Gasteiger partial charge in [-0.25, -0.2) is 4.98 Å². The van der Waals surface area contributed by atoms with Crippen LogP contribution in [0, 0.1) is 12.8 Å². The maximum absolute atomic E-state index is 14.3. The van der Waals surface area contributed by atoms with E-state index in [0.29, 0.717) is 36.5 Å². The number of thiazole rings is 1. The molecule has 2 amide bonds. The lowest BCUT2D eigenvalue weighted by atomic mass is 9.91. The van der Waals surface area contributed by atoms with Gasteiger partial charge < -0.3 is 23.9 Å². The summed E-state index contributed by atoms with van der Waals surface area (Å²) >= 11 is 4.96. The number of hydrogen-bond acceptors (Lipinski definition) is 8. The first-order chi connectivity index (χ1) is 21.1. The van der Waals surface area contributed by atoms with Crippen LogP contribution in [0.4, 0.5) is 0 Å². The molecule has 3 heterocycles. The normalized spacial score (nSPS) is 18.7. The number of carbonyl (C=O) groups is 2. The molecular weight excluding hydrogens is 672 g/mol. The number of halogens is 1. The highest BCUT2D eigenvalue weighted by molar-refractivity contribution is 9.09. The molecule has 246 valence electrons. The first kappa shape index (κ1) is 35.3. The number of ether oxygens (including phenoxy) is 1. The molecule has 0 saturated carbocycles. The number of aromatic nitrogens is 2. The van der Waals surface area contributed by atoms with Crippen molar-refractivity contribution in [2.75, 3.05) is 18.5 Å². The lowest BCUT2D eigenvalue weighted by molar-refractivity contribution is -0.141. The second-order valence-corrected chi connectivity index (χ2v) is 20.1. The van der Waals surface area contributed by atoms with Crippen LogP contribution in [0.25, 0.3) is 10.4 Å². The summed E-state index contributed by atoms with van der Waals surface area (Å²) in [5.74, 6) is -0.327. The van der Waals surface area contributed by atoms with E-state index in [2.05, 4.69) is 77.4 Å². The van der Waals surface area contributed by atoms with Gasteiger partial charge in [0.25, 0.3) is 5.88 Å². The fraction of sp³-hybridized carbons (Fsp3) is 0.576. The standard InChI is InChI=1S/C33H47BrN4O5SSi/c1-20(2)29(27-17-28(37-42-27)41-15-14-34)32(40)38-18-25(43-45(8,9)33(5,6)7)16-26(38)31(39)36-21(3)23-10-12-24(13-11-23)30-22(4)35-19-44-30/h10-13,17,19-21,25-26,29H,14-16,18H2,1-9H3,(H,36,39)/t21?,25-,26+,29?/m1/s1. The Labute approximate surface area is 280 Å². The number of carbonyl (C=O) groups excluding carboxylic acids is 2. The smallest absolute Gasteiger partial charge is 0.254 e. The lowest BCUT2D eigenvalue weighted by Crippen LogP contribution is -2.48. The zero-order valence-electron chi connectivity index (χ0n) is 27.8. The molecule has 9 nitrogen and oxygen atoms in total.